The van der Waals surface area contributed by atoms with Crippen molar-refractivity contribution in [3.8, 4) is 0 Å². The fraction of sp³-hybridized carbons (Fsp3) is 1.00. The largest absolute Gasteiger partial charge is 0.314 e. The van der Waals surface area contributed by atoms with Crippen molar-refractivity contribution < 1.29 is 0 Å². The summed E-state index contributed by atoms with van der Waals surface area (Å²) in [6.07, 6.45) is 7.47. The smallest absolute Gasteiger partial charge is 0.00914 e. The monoisotopic (exact) mass is 244 g/mol. The van der Waals surface area contributed by atoms with E-state index in [1.807, 2.05) is 11.8 Å². The number of likely N-dealkylation sites (tertiary alicyclic amines) is 1. The first-order chi connectivity index (χ1) is 7.77. The van der Waals surface area contributed by atoms with E-state index in [0.717, 1.165) is 12.1 Å². The van der Waals surface area contributed by atoms with Crippen LogP contribution in [0.25, 0.3) is 0 Å². The molecule has 0 radical (unpaired) electrons. The highest BCUT2D eigenvalue weighted by atomic mass is 32.2. The standard InChI is InChI=1S/C13H28N2S/c1-4-8-14-13-5-9-15(10-6-13)12(2)7-11-16-3/h12-14H,4-11H2,1-3H3. The van der Waals surface area contributed by atoms with Crippen molar-refractivity contribution in [3.63, 3.8) is 0 Å². The van der Waals surface area contributed by atoms with Crippen LogP contribution in [0.2, 0.25) is 0 Å². The van der Waals surface area contributed by atoms with Gasteiger partial charge in [-0.05, 0) is 64.2 Å². The summed E-state index contributed by atoms with van der Waals surface area (Å²) in [7, 11) is 0. The van der Waals surface area contributed by atoms with Gasteiger partial charge in [0.1, 0.15) is 0 Å². The third kappa shape index (κ3) is 5.07. The Kier molecular flexibility index (Phi) is 7.50. The van der Waals surface area contributed by atoms with Gasteiger partial charge in [-0.25, -0.2) is 0 Å². The van der Waals surface area contributed by atoms with Crippen LogP contribution in [-0.4, -0.2) is 48.6 Å². The molecule has 1 N–H and O–H groups in total. The van der Waals surface area contributed by atoms with E-state index >= 15 is 0 Å². The number of rotatable bonds is 7. The first-order valence-electron chi connectivity index (χ1n) is 6.74. The average molecular weight is 244 g/mol. The lowest BCUT2D eigenvalue weighted by Gasteiger charge is -2.36. The van der Waals surface area contributed by atoms with E-state index < -0.39 is 0 Å². The number of hydrogen-bond donors (Lipinski definition) is 1. The highest BCUT2D eigenvalue weighted by Crippen LogP contribution is 2.16. The average Bonchev–Trinajstić information content (AvgIpc) is 2.34. The van der Waals surface area contributed by atoms with Crippen LogP contribution < -0.4 is 5.32 Å². The summed E-state index contributed by atoms with van der Waals surface area (Å²) < 4.78 is 0. The van der Waals surface area contributed by atoms with E-state index in [1.165, 1.54) is 51.1 Å². The second kappa shape index (κ2) is 8.37. The fourth-order valence-corrected chi connectivity index (χ4v) is 2.94. The van der Waals surface area contributed by atoms with Crippen molar-refractivity contribution >= 4 is 11.8 Å². The molecule has 1 saturated heterocycles. The fourth-order valence-electron chi connectivity index (χ4n) is 2.36. The van der Waals surface area contributed by atoms with E-state index in [9.17, 15) is 0 Å². The molecule has 96 valence electrons. The number of nitrogens with one attached hydrogen (secondary N) is 1. The molecule has 0 spiro atoms. The summed E-state index contributed by atoms with van der Waals surface area (Å²) in [5.74, 6) is 1.30. The molecule has 1 unspecified atom stereocenters. The Balaban J connectivity index is 2.15. The van der Waals surface area contributed by atoms with Gasteiger partial charge in [0.25, 0.3) is 0 Å². The molecule has 16 heavy (non-hydrogen) atoms. The molecule has 3 heteroatoms. The van der Waals surface area contributed by atoms with Crippen LogP contribution in [0.4, 0.5) is 0 Å². The maximum absolute atomic E-state index is 3.64. The zero-order chi connectivity index (χ0) is 11.8. The lowest BCUT2D eigenvalue weighted by Crippen LogP contribution is -2.46. The van der Waals surface area contributed by atoms with E-state index in [2.05, 4.69) is 30.3 Å². The molecule has 0 saturated carbocycles. The molecular formula is C13H28N2S. The van der Waals surface area contributed by atoms with Gasteiger partial charge in [-0.15, -0.1) is 0 Å². The van der Waals surface area contributed by atoms with Crippen LogP contribution >= 0.6 is 11.8 Å². The number of hydrogen-bond acceptors (Lipinski definition) is 3. The Labute approximate surface area is 106 Å². The van der Waals surface area contributed by atoms with E-state index in [1.54, 1.807) is 0 Å². The number of nitrogens with zero attached hydrogens (tertiary/aromatic N) is 1. The van der Waals surface area contributed by atoms with Crippen LogP contribution in [0.5, 0.6) is 0 Å². The number of thioether (sulfide) groups is 1. The summed E-state index contributed by atoms with van der Waals surface area (Å²) >= 11 is 1.97. The molecule has 1 rings (SSSR count). The molecule has 0 aliphatic carbocycles. The molecule has 1 aliphatic rings. The SMILES string of the molecule is CCCNC1CCN(C(C)CCSC)CC1. The molecule has 0 amide bonds. The van der Waals surface area contributed by atoms with Crippen molar-refractivity contribution in [1.82, 2.24) is 10.2 Å². The summed E-state index contributed by atoms with van der Waals surface area (Å²) in [4.78, 5) is 2.67. The molecule has 1 fully saturated rings. The van der Waals surface area contributed by atoms with Gasteiger partial charge in [0.2, 0.25) is 0 Å². The van der Waals surface area contributed by atoms with Crippen LogP contribution in [0.1, 0.15) is 39.5 Å². The molecule has 0 bridgehead atoms. The molecule has 2 nitrogen and oxygen atoms in total. The summed E-state index contributed by atoms with van der Waals surface area (Å²) in [5, 5.41) is 3.64. The third-order valence-corrected chi connectivity index (χ3v) is 4.22. The zero-order valence-corrected chi connectivity index (χ0v) is 12.0. The minimum absolute atomic E-state index is 0.777. The lowest BCUT2D eigenvalue weighted by atomic mass is 10.0. The summed E-state index contributed by atoms with van der Waals surface area (Å²) in [6.45, 7) is 8.39. The Hall–Kier alpha value is 0.270. The lowest BCUT2D eigenvalue weighted by molar-refractivity contribution is 0.150. The maximum atomic E-state index is 3.64. The second-order valence-corrected chi connectivity index (χ2v) is 5.88. The van der Waals surface area contributed by atoms with Crippen LogP contribution in [-0.2, 0) is 0 Å². The minimum Gasteiger partial charge on any atom is -0.314 e. The molecule has 1 heterocycles. The Morgan fingerprint density at radius 2 is 2.06 bits per heavy atom. The molecule has 0 aromatic heterocycles. The van der Waals surface area contributed by atoms with Crippen LogP contribution in [0.3, 0.4) is 0 Å². The topological polar surface area (TPSA) is 15.3 Å². The maximum Gasteiger partial charge on any atom is 0.00914 e. The van der Waals surface area contributed by atoms with E-state index in [4.69, 9.17) is 0 Å². The van der Waals surface area contributed by atoms with E-state index in [-0.39, 0.29) is 0 Å². The van der Waals surface area contributed by atoms with E-state index in [0.29, 0.717) is 0 Å². The van der Waals surface area contributed by atoms with Crippen molar-refractivity contribution in [2.24, 2.45) is 0 Å². The van der Waals surface area contributed by atoms with Gasteiger partial charge in [-0.2, -0.15) is 11.8 Å². The van der Waals surface area contributed by atoms with Gasteiger partial charge >= 0.3 is 0 Å². The third-order valence-electron chi connectivity index (χ3n) is 3.58. The van der Waals surface area contributed by atoms with Crippen LogP contribution in [0, 0.1) is 0 Å². The molecule has 1 atom stereocenters. The first kappa shape index (κ1) is 14.3. The summed E-state index contributed by atoms with van der Waals surface area (Å²) in [5.41, 5.74) is 0. The minimum atomic E-state index is 0.777. The highest BCUT2D eigenvalue weighted by Gasteiger charge is 2.21. The van der Waals surface area contributed by atoms with Crippen molar-refractivity contribution in [2.75, 3.05) is 31.6 Å². The molecule has 0 aromatic rings. The molecule has 0 aromatic carbocycles. The number of piperidine rings is 1. The second-order valence-electron chi connectivity index (χ2n) is 4.89. The van der Waals surface area contributed by atoms with Gasteiger partial charge in [-0.3, -0.25) is 0 Å². The normalized spacial score (nSPS) is 21.2. The Bertz CT molecular complexity index is 167. The predicted octanol–water partition coefficient (Wildman–Crippen LogP) is 2.59. The van der Waals surface area contributed by atoms with Gasteiger partial charge in [0, 0.05) is 12.1 Å². The molecule has 1 aliphatic heterocycles. The Morgan fingerprint density at radius 3 is 2.62 bits per heavy atom. The quantitative estimate of drug-likeness (QED) is 0.741. The van der Waals surface area contributed by atoms with Gasteiger partial charge < -0.3 is 10.2 Å². The van der Waals surface area contributed by atoms with Crippen molar-refractivity contribution in [3.05, 3.63) is 0 Å². The van der Waals surface area contributed by atoms with Gasteiger partial charge in [0.15, 0.2) is 0 Å². The first-order valence-corrected chi connectivity index (χ1v) is 8.13. The zero-order valence-electron chi connectivity index (χ0n) is 11.2. The molecular weight excluding hydrogens is 216 g/mol. The summed E-state index contributed by atoms with van der Waals surface area (Å²) in [6, 6.07) is 1.56. The van der Waals surface area contributed by atoms with Crippen molar-refractivity contribution in [1.29, 1.82) is 0 Å². The highest BCUT2D eigenvalue weighted by molar-refractivity contribution is 7.98. The van der Waals surface area contributed by atoms with Crippen LogP contribution in [0.15, 0.2) is 0 Å². The van der Waals surface area contributed by atoms with Gasteiger partial charge in [0.05, 0.1) is 0 Å². The predicted molar refractivity (Wildman–Crippen MR) is 75.3 cm³/mol. The van der Waals surface area contributed by atoms with Gasteiger partial charge in [-0.1, -0.05) is 6.92 Å². The Morgan fingerprint density at radius 1 is 1.38 bits per heavy atom. The van der Waals surface area contributed by atoms with Crippen molar-refractivity contribution in [2.45, 2.75) is 51.6 Å².